The number of hydrogen-bond acceptors (Lipinski definition) is 4. The molecular formula is C10H13N3O. The molecule has 0 aliphatic heterocycles. The molecule has 0 radical (unpaired) electrons. The van der Waals surface area contributed by atoms with Crippen molar-refractivity contribution in [2.75, 3.05) is 18.5 Å². The van der Waals surface area contributed by atoms with Gasteiger partial charge in [-0.3, -0.25) is 0 Å². The van der Waals surface area contributed by atoms with Crippen LogP contribution in [0.15, 0.2) is 18.3 Å². The van der Waals surface area contributed by atoms with E-state index in [9.17, 15) is 0 Å². The molecular weight excluding hydrogens is 178 g/mol. The first kappa shape index (κ1) is 10.5. The van der Waals surface area contributed by atoms with Crippen LogP contribution in [0.25, 0.3) is 0 Å². The van der Waals surface area contributed by atoms with E-state index in [1.165, 1.54) is 6.20 Å². The molecule has 4 nitrogen and oxygen atoms in total. The van der Waals surface area contributed by atoms with E-state index < -0.39 is 6.10 Å². The first-order valence-electron chi connectivity index (χ1n) is 4.39. The second-order valence-corrected chi connectivity index (χ2v) is 3.25. The Hall–Kier alpha value is -1.60. The van der Waals surface area contributed by atoms with Gasteiger partial charge in [0.25, 0.3) is 0 Å². The lowest BCUT2D eigenvalue weighted by atomic mass is 10.3. The standard InChI is InChI=1S/C10H13N3O/c1-8(14)7-13(2)10-4-3-9(5-11)6-12-10/h3-4,6,8,14H,7H2,1-2H3. The highest BCUT2D eigenvalue weighted by Crippen LogP contribution is 2.09. The number of anilines is 1. The Balaban J connectivity index is 2.72. The van der Waals surface area contributed by atoms with Crippen molar-refractivity contribution in [3.8, 4) is 6.07 Å². The molecule has 0 amide bonds. The van der Waals surface area contributed by atoms with Crippen LogP contribution in [-0.4, -0.2) is 29.8 Å². The Morgan fingerprint density at radius 3 is 2.79 bits per heavy atom. The van der Waals surface area contributed by atoms with Crippen molar-refractivity contribution in [3.63, 3.8) is 0 Å². The fourth-order valence-corrected chi connectivity index (χ4v) is 1.17. The van der Waals surface area contributed by atoms with Gasteiger partial charge in [-0.25, -0.2) is 4.98 Å². The first-order valence-corrected chi connectivity index (χ1v) is 4.39. The van der Waals surface area contributed by atoms with Gasteiger partial charge in [-0.2, -0.15) is 5.26 Å². The third-order valence-electron chi connectivity index (χ3n) is 1.81. The minimum absolute atomic E-state index is 0.391. The van der Waals surface area contributed by atoms with Crippen molar-refractivity contribution < 1.29 is 5.11 Å². The summed E-state index contributed by atoms with van der Waals surface area (Å²) in [7, 11) is 1.85. The number of hydrogen-bond donors (Lipinski definition) is 1. The van der Waals surface area contributed by atoms with Crippen molar-refractivity contribution in [3.05, 3.63) is 23.9 Å². The molecule has 1 atom stereocenters. The average Bonchev–Trinajstić information content (AvgIpc) is 2.17. The zero-order valence-electron chi connectivity index (χ0n) is 8.31. The van der Waals surface area contributed by atoms with E-state index in [1.807, 2.05) is 18.0 Å². The zero-order chi connectivity index (χ0) is 10.6. The van der Waals surface area contributed by atoms with Crippen LogP contribution in [0.2, 0.25) is 0 Å². The smallest absolute Gasteiger partial charge is 0.128 e. The highest BCUT2D eigenvalue weighted by molar-refractivity contribution is 5.41. The van der Waals surface area contributed by atoms with E-state index in [4.69, 9.17) is 10.4 Å². The van der Waals surface area contributed by atoms with Crippen LogP contribution in [0.1, 0.15) is 12.5 Å². The molecule has 1 aromatic rings. The molecule has 1 rings (SSSR count). The summed E-state index contributed by atoms with van der Waals surface area (Å²) in [6.45, 7) is 2.25. The topological polar surface area (TPSA) is 60.1 Å². The van der Waals surface area contributed by atoms with Crippen LogP contribution in [0.4, 0.5) is 5.82 Å². The van der Waals surface area contributed by atoms with Crippen LogP contribution in [-0.2, 0) is 0 Å². The predicted octanol–water partition coefficient (Wildman–Crippen LogP) is 0.770. The summed E-state index contributed by atoms with van der Waals surface area (Å²) >= 11 is 0. The summed E-state index contributed by atoms with van der Waals surface area (Å²) < 4.78 is 0. The first-order chi connectivity index (χ1) is 6.63. The third kappa shape index (κ3) is 2.71. The molecule has 1 heterocycles. The van der Waals surface area contributed by atoms with Gasteiger partial charge in [0.1, 0.15) is 11.9 Å². The van der Waals surface area contributed by atoms with Crippen molar-refractivity contribution in [2.45, 2.75) is 13.0 Å². The SMILES string of the molecule is CC(O)CN(C)c1ccc(C#N)cn1. The highest BCUT2D eigenvalue weighted by Gasteiger charge is 2.04. The van der Waals surface area contributed by atoms with Crippen LogP contribution >= 0.6 is 0 Å². The van der Waals surface area contributed by atoms with Crippen molar-refractivity contribution in [2.24, 2.45) is 0 Å². The fraction of sp³-hybridized carbons (Fsp3) is 0.400. The van der Waals surface area contributed by atoms with E-state index >= 15 is 0 Å². The van der Waals surface area contributed by atoms with Crippen LogP contribution in [0.3, 0.4) is 0 Å². The van der Waals surface area contributed by atoms with Gasteiger partial charge in [0, 0.05) is 19.8 Å². The molecule has 1 unspecified atom stereocenters. The Morgan fingerprint density at radius 1 is 1.64 bits per heavy atom. The minimum Gasteiger partial charge on any atom is -0.392 e. The van der Waals surface area contributed by atoms with Crippen LogP contribution in [0.5, 0.6) is 0 Å². The number of aliphatic hydroxyl groups excluding tert-OH is 1. The van der Waals surface area contributed by atoms with Gasteiger partial charge in [0.05, 0.1) is 11.7 Å². The third-order valence-corrected chi connectivity index (χ3v) is 1.81. The van der Waals surface area contributed by atoms with E-state index in [1.54, 1.807) is 19.1 Å². The van der Waals surface area contributed by atoms with Gasteiger partial charge in [-0.15, -0.1) is 0 Å². The maximum Gasteiger partial charge on any atom is 0.128 e. The zero-order valence-corrected chi connectivity index (χ0v) is 8.31. The normalized spacial score (nSPS) is 11.9. The number of likely N-dealkylation sites (N-methyl/N-ethyl adjacent to an activating group) is 1. The molecule has 0 aliphatic carbocycles. The number of nitriles is 1. The van der Waals surface area contributed by atoms with Crippen molar-refractivity contribution in [1.29, 1.82) is 5.26 Å². The van der Waals surface area contributed by atoms with Crippen molar-refractivity contribution in [1.82, 2.24) is 4.98 Å². The van der Waals surface area contributed by atoms with Gasteiger partial charge in [-0.05, 0) is 19.1 Å². The summed E-state index contributed by atoms with van der Waals surface area (Å²) in [6, 6.07) is 5.48. The molecule has 0 aromatic carbocycles. The van der Waals surface area contributed by atoms with E-state index in [-0.39, 0.29) is 0 Å². The van der Waals surface area contributed by atoms with Gasteiger partial charge >= 0.3 is 0 Å². The van der Waals surface area contributed by atoms with E-state index in [2.05, 4.69) is 4.98 Å². The molecule has 1 aromatic heterocycles. The van der Waals surface area contributed by atoms with Gasteiger partial charge in [0.15, 0.2) is 0 Å². The molecule has 0 spiro atoms. The van der Waals surface area contributed by atoms with Gasteiger partial charge < -0.3 is 10.0 Å². The van der Waals surface area contributed by atoms with Gasteiger partial charge in [-0.1, -0.05) is 0 Å². The summed E-state index contributed by atoms with van der Waals surface area (Å²) in [5.41, 5.74) is 0.541. The largest absolute Gasteiger partial charge is 0.392 e. The maximum absolute atomic E-state index is 9.16. The number of nitrogens with zero attached hydrogens (tertiary/aromatic N) is 3. The Bertz CT molecular complexity index is 326. The van der Waals surface area contributed by atoms with Gasteiger partial charge in [0.2, 0.25) is 0 Å². The lowest BCUT2D eigenvalue weighted by Crippen LogP contribution is -2.27. The molecule has 4 heteroatoms. The molecule has 0 saturated carbocycles. The highest BCUT2D eigenvalue weighted by atomic mass is 16.3. The number of aromatic nitrogens is 1. The second-order valence-electron chi connectivity index (χ2n) is 3.25. The Kier molecular flexibility index (Phi) is 3.43. The molecule has 0 saturated heterocycles. The van der Waals surface area contributed by atoms with Crippen LogP contribution < -0.4 is 4.90 Å². The lowest BCUT2D eigenvalue weighted by molar-refractivity contribution is 0.201. The Labute approximate surface area is 83.4 Å². The summed E-state index contributed by atoms with van der Waals surface area (Å²) in [5, 5.41) is 17.7. The molecule has 0 aliphatic rings. The quantitative estimate of drug-likeness (QED) is 0.766. The molecule has 14 heavy (non-hydrogen) atoms. The predicted molar refractivity (Wildman–Crippen MR) is 53.9 cm³/mol. The van der Waals surface area contributed by atoms with Crippen LogP contribution in [0, 0.1) is 11.3 Å². The number of rotatable bonds is 3. The minimum atomic E-state index is -0.391. The summed E-state index contributed by atoms with van der Waals surface area (Å²) in [4.78, 5) is 5.93. The fourth-order valence-electron chi connectivity index (χ4n) is 1.17. The number of pyridine rings is 1. The molecule has 0 fully saturated rings. The monoisotopic (exact) mass is 191 g/mol. The van der Waals surface area contributed by atoms with E-state index in [0.29, 0.717) is 12.1 Å². The molecule has 1 N–H and O–H groups in total. The number of aliphatic hydroxyl groups is 1. The average molecular weight is 191 g/mol. The maximum atomic E-state index is 9.16. The molecule has 74 valence electrons. The van der Waals surface area contributed by atoms with E-state index in [0.717, 1.165) is 5.82 Å². The Morgan fingerprint density at radius 2 is 2.36 bits per heavy atom. The second kappa shape index (κ2) is 4.58. The molecule has 0 bridgehead atoms. The van der Waals surface area contributed by atoms with Crippen molar-refractivity contribution >= 4 is 5.82 Å². The summed E-state index contributed by atoms with van der Waals surface area (Å²) in [5.74, 6) is 0.755. The summed E-state index contributed by atoms with van der Waals surface area (Å²) in [6.07, 6.45) is 1.13. The lowest BCUT2D eigenvalue weighted by Gasteiger charge is -2.19.